The minimum absolute atomic E-state index is 0.454. The molecule has 1 saturated carbocycles. The fraction of sp³-hybridized carbons (Fsp3) is 0.375. The third-order valence-electron chi connectivity index (χ3n) is 5.24. The largest absolute Gasteiger partial charge is 0.494 e. The van der Waals surface area contributed by atoms with Crippen LogP contribution >= 0.6 is 12.6 Å². The molecule has 1 aromatic heterocycles. The molecule has 1 aliphatic carbocycles. The summed E-state index contributed by atoms with van der Waals surface area (Å²) >= 11 is 3.92. The summed E-state index contributed by atoms with van der Waals surface area (Å²) in [5, 5.41) is 10.9. The van der Waals surface area contributed by atoms with Crippen molar-refractivity contribution in [2.45, 2.75) is 45.6 Å². The number of fused-ring (bicyclic) bond motifs is 1. The van der Waals surface area contributed by atoms with Crippen molar-refractivity contribution in [3.05, 3.63) is 48.0 Å². The molecule has 2 N–H and O–H groups in total. The zero-order valence-corrected chi connectivity index (χ0v) is 18.1. The SMILES string of the molecule is CCCS.CCOc1ccc2c(c1)c(C#N)c(-c1ccc(N)cc1)n2C1CCC1. The first-order valence-corrected chi connectivity index (χ1v) is 10.9. The van der Waals surface area contributed by atoms with Crippen molar-refractivity contribution in [1.29, 1.82) is 5.26 Å². The standard InChI is InChI=1S/C21H21N3O.C3H8S/c1-2-25-17-10-11-20-18(12-17)19(13-22)21(24(20)16-4-3-5-16)14-6-8-15(23)9-7-14;1-2-3-4/h6-12,16H,2-5,23H2,1H3;4H,2-3H2,1H3. The first kappa shape index (κ1) is 21.1. The molecule has 0 aliphatic heterocycles. The molecular formula is C24H29N3OS. The van der Waals surface area contributed by atoms with Gasteiger partial charge < -0.3 is 15.0 Å². The summed E-state index contributed by atoms with van der Waals surface area (Å²) in [6.07, 6.45) is 4.74. The Morgan fingerprint density at radius 2 is 1.86 bits per heavy atom. The molecule has 3 aromatic rings. The van der Waals surface area contributed by atoms with Crippen molar-refractivity contribution in [1.82, 2.24) is 4.57 Å². The van der Waals surface area contributed by atoms with E-state index in [0.717, 1.165) is 52.2 Å². The van der Waals surface area contributed by atoms with Gasteiger partial charge in [0.25, 0.3) is 0 Å². The fourth-order valence-electron chi connectivity index (χ4n) is 3.61. The van der Waals surface area contributed by atoms with Crippen molar-refractivity contribution >= 4 is 29.2 Å². The Morgan fingerprint density at radius 3 is 2.38 bits per heavy atom. The van der Waals surface area contributed by atoms with E-state index in [-0.39, 0.29) is 0 Å². The Labute approximate surface area is 178 Å². The van der Waals surface area contributed by atoms with Crippen LogP contribution in [0.25, 0.3) is 22.2 Å². The predicted octanol–water partition coefficient (Wildman–Crippen LogP) is 6.21. The molecule has 0 spiro atoms. The highest BCUT2D eigenvalue weighted by atomic mass is 32.1. The van der Waals surface area contributed by atoms with Crippen molar-refractivity contribution in [3.63, 3.8) is 0 Å². The average Bonchev–Trinajstić information content (AvgIpc) is 3.01. The second-order valence-electron chi connectivity index (χ2n) is 7.25. The average molecular weight is 408 g/mol. The molecule has 152 valence electrons. The van der Waals surface area contributed by atoms with Gasteiger partial charge in [-0.3, -0.25) is 0 Å². The Bertz CT molecular complexity index is 996. The highest BCUT2D eigenvalue weighted by Gasteiger charge is 2.27. The number of nitrogens with zero attached hydrogens (tertiary/aromatic N) is 2. The summed E-state index contributed by atoms with van der Waals surface area (Å²) in [4.78, 5) is 0. The Hall–Kier alpha value is -2.58. The van der Waals surface area contributed by atoms with Gasteiger partial charge in [0.05, 0.1) is 23.4 Å². The van der Waals surface area contributed by atoms with Gasteiger partial charge in [0, 0.05) is 17.1 Å². The van der Waals surface area contributed by atoms with Crippen LogP contribution in [0.1, 0.15) is 51.1 Å². The molecule has 29 heavy (non-hydrogen) atoms. The Morgan fingerprint density at radius 1 is 1.17 bits per heavy atom. The van der Waals surface area contributed by atoms with E-state index in [4.69, 9.17) is 10.5 Å². The maximum absolute atomic E-state index is 9.91. The molecule has 1 fully saturated rings. The van der Waals surface area contributed by atoms with Gasteiger partial charge in [-0.05, 0) is 74.3 Å². The van der Waals surface area contributed by atoms with E-state index in [1.165, 1.54) is 12.8 Å². The molecule has 0 amide bonds. The van der Waals surface area contributed by atoms with E-state index in [2.05, 4.69) is 36.3 Å². The van der Waals surface area contributed by atoms with Crippen molar-refractivity contribution < 1.29 is 4.74 Å². The number of hydrogen-bond donors (Lipinski definition) is 2. The molecule has 1 heterocycles. The van der Waals surface area contributed by atoms with Crippen molar-refractivity contribution in [2.75, 3.05) is 18.1 Å². The number of nitriles is 1. The zero-order valence-electron chi connectivity index (χ0n) is 17.2. The van der Waals surface area contributed by atoms with Crippen LogP contribution in [-0.4, -0.2) is 16.9 Å². The molecule has 5 heteroatoms. The molecular weight excluding hydrogens is 378 g/mol. The summed E-state index contributed by atoms with van der Waals surface area (Å²) in [7, 11) is 0. The monoisotopic (exact) mass is 407 g/mol. The van der Waals surface area contributed by atoms with Crippen LogP contribution in [0.15, 0.2) is 42.5 Å². The second kappa shape index (κ2) is 9.76. The molecule has 0 radical (unpaired) electrons. The lowest BCUT2D eigenvalue weighted by atomic mass is 9.92. The number of thiol groups is 1. The van der Waals surface area contributed by atoms with Crippen molar-refractivity contribution in [2.24, 2.45) is 0 Å². The zero-order chi connectivity index (χ0) is 20.8. The molecule has 4 nitrogen and oxygen atoms in total. The molecule has 0 atom stereocenters. The number of ether oxygens (including phenoxy) is 1. The lowest BCUT2D eigenvalue weighted by Gasteiger charge is -2.30. The van der Waals surface area contributed by atoms with Gasteiger partial charge in [-0.15, -0.1) is 0 Å². The number of anilines is 1. The van der Waals surface area contributed by atoms with Gasteiger partial charge in [0.1, 0.15) is 11.8 Å². The van der Waals surface area contributed by atoms with E-state index in [0.29, 0.717) is 18.2 Å². The van der Waals surface area contributed by atoms with Crippen LogP contribution in [0.4, 0.5) is 5.69 Å². The number of nitrogens with two attached hydrogens (primary N) is 1. The van der Waals surface area contributed by atoms with Gasteiger partial charge in [0.2, 0.25) is 0 Å². The van der Waals surface area contributed by atoms with Gasteiger partial charge >= 0.3 is 0 Å². The number of aromatic nitrogens is 1. The third-order valence-corrected chi connectivity index (χ3v) is 5.69. The minimum atomic E-state index is 0.454. The number of hydrogen-bond acceptors (Lipinski definition) is 4. The maximum Gasteiger partial charge on any atom is 0.120 e. The summed E-state index contributed by atoms with van der Waals surface area (Å²) in [6.45, 7) is 4.68. The van der Waals surface area contributed by atoms with Crippen LogP contribution in [0.3, 0.4) is 0 Å². The molecule has 2 aromatic carbocycles. The maximum atomic E-state index is 9.91. The van der Waals surface area contributed by atoms with Gasteiger partial charge in [-0.1, -0.05) is 19.1 Å². The van der Waals surface area contributed by atoms with Gasteiger partial charge in [-0.2, -0.15) is 17.9 Å². The highest BCUT2D eigenvalue weighted by Crippen LogP contribution is 2.43. The van der Waals surface area contributed by atoms with E-state index in [9.17, 15) is 5.26 Å². The Kier molecular flexibility index (Phi) is 7.11. The van der Waals surface area contributed by atoms with E-state index in [1.807, 2.05) is 43.3 Å². The van der Waals surface area contributed by atoms with Crippen LogP contribution in [-0.2, 0) is 0 Å². The van der Waals surface area contributed by atoms with Crippen LogP contribution in [0, 0.1) is 11.3 Å². The normalized spacial score (nSPS) is 13.3. The first-order valence-electron chi connectivity index (χ1n) is 10.3. The van der Waals surface area contributed by atoms with Crippen molar-refractivity contribution in [3.8, 4) is 23.1 Å². The van der Waals surface area contributed by atoms with E-state index in [1.54, 1.807) is 0 Å². The Balaban J connectivity index is 0.000000552. The molecule has 0 unspecified atom stereocenters. The molecule has 0 bridgehead atoms. The molecule has 1 aliphatic rings. The minimum Gasteiger partial charge on any atom is -0.494 e. The first-order chi connectivity index (χ1) is 14.1. The summed E-state index contributed by atoms with van der Waals surface area (Å²) < 4.78 is 8.00. The predicted molar refractivity (Wildman–Crippen MR) is 125 cm³/mol. The number of benzene rings is 2. The van der Waals surface area contributed by atoms with E-state index >= 15 is 0 Å². The topological polar surface area (TPSA) is 64.0 Å². The van der Waals surface area contributed by atoms with E-state index < -0.39 is 0 Å². The second-order valence-corrected chi connectivity index (χ2v) is 7.69. The fourth-order valence-corrected chi connectivity index (χ4v) is 3.61. The highest BCUT2D eigenvalue weighted by molar-refractivity contribution is 7.80. The number of rotatable bonds is 5. The quantitative estimate of drug-likeness (QED) is 0.390. The van der Waals surface area contributed by atoms with Gasteiger partial charge in [-0.25, -0.2) is 0 Å². The molecule has 0 saturated heterocycles. The van der Waals surface area contributed by atoms with Crippen LogP contribution < -0.4 is 10.5 Å². The summed E-state index contributed by atoms with van der Waals surface area (Å²) in [5.41, 5.74) is 10.4. The lowest BCUT2D eigenvalue weighted by molar-refractivity contribution is 0.324. The molecule has 4 rings (SSSR count). The summed E-state index contributed by atoms with van der Waals surface area (Å²) in [6, 6.07) is 16.8. The van der Waals surface area contributed by atoms with Gasteiger partial charge in [0.15, 0.2) is 0 Å². The van der Waals surface area contributed by atoms with Crippen LogP contribution in [0.5, 0.6) is 5.75 Å². The third kappa shape index (κ3) is 4.38. The smallest absolute Gasteiger partial charge is 0.120 e. The summed E-state index contributed by atoms with van der Waals surface area (Å²) in [5.74, 6) is 1.82. The van der Waals surface area contributed by atoms with Crippen LogP contribution in [0.2, 0.25) is 0 Å². The lowest BCUT2D eigenvalue weighted by Crippen LogP contribution is -2.17. The number of nitrogen functional groups attached to an aromatic ring is 1.